The molecule has 0 radical (unpaired) electrons. The molecule has 1 N–H and O–H groups in total. The van der Waals surface area contributed by atoms with Crippen LogP contribution in [-0.2, 0) is 9.53 Å². The summed E-state index contributed by atoms with van der Waals surface area (Å²) in [6.45, 7) is 8.42. The number of benzene rings is 2. The zero-order valence-electron chi connectivity index (χ0n) is 18.2. The molecule has 0 amide bonds. The van der Waals surface area contributed by atoms with Gasteiger partial charge in [-0.3, -0.25) is 9.79 Å². The van der Waals surface area contributed by atoms with E-state index in [0.717, 1.165) is 29.1 Å². The molecule has 1 aliphatic heterocycles. The summed E-state index contributed by atoms with van der Waals surface area (Å²) in [5, 5.41) is 3.61. The first-order chi connectivity index (χ1) is 14.2. The standard InChI is InChI=1S/C25H28N2O3/c1-14-10-18-19(11-15(14)2)27-23(16-6-8-17(9-7-16)24(29)30-5)22-20(26-18)12-25(3,4)13-21(22)28/h6-11,22-23,27H,12-13H2,1-5H3. The Bertz CT molecular complexity index is 1050. The minimum Gasteiger partial charge on any atom is -0.465 e. The number of hydrogen-bond donors (Lipinski definition) is 1. The minimum absolute atomic E-state index is 0.101. The third-order valence-corrected chi connectivity index (χ3v) is 6.23. The van der Waals surface area contributed by atoms with Crippen molar-refractivity contribution in [3.05, 3.63) is 58.7 Å². The average Bonchev–Trinajstić information content (AvgIpc) is 2.83. The lowest BCUT2D eigenvalue weighted by Gasteiger charge is -2.37. The zero-order chi connectivity index (χ0) is 21.6. The predicted molar refractivity (Wildman–Crippen MR) is 119 cm³/mol. The van der Waals surface area contributed by atoms with Crippen molar-refractivity contribution in [2.45, 2.75) is 46.6 Å². The lowest BCUT2D eigenvalue weighted by molar-refractivity contribution is -0.124. The van der Waals surface area contributed by atoms with E-state index in [1.54, 1.807) is 12.1 Å². The molecule has 1 fully saturated rings. The van der Waals surface area contributed by atoms with Gasteiger partial charge in [-0.25, -0.2) is 4.79 Å². The number of hydrogen-bond acceptors (Lipinski definition) is 5. The van der Waals surface area contributed by atoms with E-state index in [-0.39, 0.29) is 29.1 Å². The number of methoxy groups -OCH3 is 1. The number of fused-ring (bicyclic) bond motifs is 2. The summed E-state index contributed by atoms with van der Waals surface area (Å²) in [6, 6.07) is 11.3. The second-order valence-electron chi connectivity index (χ2n) is 9.25. The van der Waals surface area contributed by atoms with Gasteiger partial charge in [0.15, 0.2) is 0 Å². The molecule has 156 valence electrons. The Hall–Kier alpha value is -2.95. The Kier molecular flexibility index (Phi) is 5.00. The fourth-order valence-electron chi connectivity index (χ4n) is 4.55. The van der Waals surface area contributed by atoms with Gasteiger partial charge in [-0.15, -0.1) is 0 Å². The Balaban J connectivity index is 1.83. The lowest BCUT2D eigenvalue weighted by atomic mass is 9.68. The normalized spacial score (nSPS) is 22.2. The Morgan fingerprint density at radius 1 is 1.10 bits per heavy atom. The number of rotatable bonds is 2. The summed E-state index contributed by atoms with van der Waals surface area (Å²) >= 11 is 0. The third-order valence-electron chi connectivity index (χ3n) is 6.23. The molecule has 0 saturated heterocycles. The molecule has 4 rings (SSSR count). The smallest absolute Gasteiger partial charge is 0.337 e. The van der Waals surface area contributed by atoms with Crippen molar-refractivity contribution in [1.82, 2.24) is 0 Å². The molecule has 0 bridgehead atoms. The summed E-state index contributed by atoms with van der Waals surface area (Å²) in [6.07, 6.45) is 1.32. The molecule has 0 spiro atoms. The Morgan fingerprint density at radius 2 is 1.77 bits per heavy atom. The van der Waals surface area contributed by atoms with Crippen LogP contribution < -0.4 is 5.32 Å². The highest BCUT2D eigenvalue weighted by Crippen LogP contribution is 2.45. The molecular formula is C25H28N2O3. The van der Waals surface area contributed by atoms with Crippen molar-refractivity contribution in [2.24, 2.45) is 16.3 Å². The number of ketones is 1. The number of aryl methyl sites for hydroxylation is 2. The van der Waals surface area contributed by atoms with E-state index in [1.807, 2.05) is 12.1 Å². The van der Waals surface area contributed by atoms with Crippen LogP contribution in [0.4, 0.5) is 11.4 Å². The van der Waals surface area contributed by atoms with Gasteiger partial charge in [-0.05, 0) is 66.6 Å². The summed E-state index contributed by atoms with van der Waals surface area (Å²) in [4.78, 5) is 30.1. The van der Waals surface area contributed by atoms with Crippen LogP contribution in [0.25, 0.3) is 0 Å². The van der Waals surface area contributed by atoms with E-state index in [4.69, 9.17) is 9.73 Å². The van der Waals surface area contributed by atoms with Crippen molar-refractivity contribution in [3.8, 4) is 0 Å². The number of nitrogens with zero attached hydrogens (tertiary/aromatic N) is 1. The van der Waals surface area contributed by atoms with Crippen LogP contribution in [0, 0.1) is 25.2 Å². The number of Topliss-reactive ketones (excluding diaryl/α,β-unsaturated/α-hetero) is 1. The number of carbonyl (C=O) groups excluding carboxylic acids is 2. The average molecular weight is 405 g/mol. The van der Waals surface area contributed by atoms with Crippen LogP contribution in [0.3, 0.4) is 0 Å². The number of carbonyl (C=O) groups is 2. The largest absolute Gasteiger partial charge is 0.465 e. The monoisotopic (exact) mass is 404 g/mol. The molecular weight excluding hydrogens is 376 g/mol. The molecule has 1 heterocycles. The number of anilines is 1. The quantitative estimate of drug-likeness (QED) is 0.687. The molecule has 1 aliphatic carbocycles. The van der Waals surface area contributed by atoms with Gasteiger partial charge in [-0.2, -0.15) is 0 Å². The number of aliphatic imine (C=N–C) groups is 1. The highest BCUT2D eigenvalue weighted by Gasteiger charge is 2.44. The van der Waals surface area contributed by atoms with E-state index >= 15 is 0 Å². The van der Waals surface area contributed by atoms with E-state index < -0.39 is 0 Å². The predicted octanol–water partition coefficient (Wildman–Crippen LogP) is 5.33. The molecule has 5 nitrogen and oxygen atoms in total. The van der Waals surface area contributed by atoms with Gasteiger partial charge in [0, 0.05) is 12.1 Å². The van der Waals surface area contributed by atoms with E-state index in [9.17, 15) is 9.59 Å². The fraction of sp³-hybridized carbons (Fsp3) is 0.400. The second kappa shape index (κ2) is 7.38. The van der Waals surface area contributed by atoms with Crippen molar-refractivity contribution in [1.29, 1.82) is 0 Å². The van der Waals surface area contributed by atoms with Crippen molar-refractivity contribution in [3.63, 3.8) is 0 Å². The van der Waals surface area contributed by atoms with Gasteiger partial charge in [0.2, 0.25) is 0 Å². The van der Waals surface area contributed by atoms with Crippen molar-refractivity contribution >= 4 is 28.8 Å². The van der Waals surface area contributed by atoms with Crippen molar-refractivity contribution in [2.75, 3.05) is 12.4 Å². The molecule has 5 heteroatoms. The first-order valence-electron chi connectivity index (χ1n) is 10.3. The minimum atomic E-state index is -0.371. The van der Waals surface area contributed by atoms with Crippen molar-refractivity contribution < 1.29 is 14.3 Å². The maximum absolute atomic E-state index is 13.3. The Morgan fingerprint density at radius 3 is 2.43 bits per heavy atom. The summed E-state index contributed by atoms with van der Waals surface area (Å²) in [7, 11) is 1.37. The van der Waals surface area contributed by atoms with E-state index in [2.05, 4.69) is 45.1 Å². The molecule has 1 saturated carbocycles. The molecule has 2 atom stereocenters. The number of esters is 1. The maximum Gasteiger partial charge on any atom is 0.337 e. The molecule has 2 aromatic carbocycles. The Labute approximate surface area is 177 Å². The summed E-state index contributed by atoms with van der Waals surface area (Å²) in [5.74, 6) is -0.486. The number of nitrogens with one attached hydrogen (secondary N) is 1. The molecule has 0 aromatic heterocycles. The highest BCUT2D eigenvalue weighted by atomic mass is 16.5. The second-order valence-corrected chi connectivity index (χ2v) is 9.25. The number of ether oxygens (including phenoxy) is 1. The van der Waals surface area contributed by atoms with Gasteiger partial charge >= 0.3 is 5.97 Å². The SMILES string of the molecule is COC(=O)c1ccc(C2Nc3cc(C)c(C)cc3N=C3CC(C)(C)CC(=O)C32)cc1. The molecule has 30 heavy (non-hydrogen) atoms. The van der Waals surface area contributed by atoms with Crippen LogP contribution in [-0.4, -0.2) is 24.6 Å². The zero-order valence-corrected chi connectivity index (χ0v) is 18.2. The van der Waals surface area contributed by atoms with Crippen LogP contribution in [0.15, 0.2) is 41.4 Å². The van der Waals surface area contributed by atoms with Crippen LogP contribution in [0.1, 0.15) is 59.8 Å². The molecule has 2 aromatic rings. The van der Waals surface area contributed by atoms with Gasteiger partial charge in [0.1, 0.15) is 5.78 Å². The third kappa shape index (κ3) is 3.64. The van der Waals surface area contributed by atoms with E-state index in [0.29, 0.717) is 12.0 Å². The van der Waals surface area contributed by atoms with Gasteiger partial charge < -0.3 is 10.1 Å². The summed E-state index contributed by atoms with van der Waals surface area (Å²) in [5.41, 5.74) is 6.47. The van der Waals surface area contributed by atoms with Gasteiger partial charge in [0.25, 0.3) is 0 Å². The van der Waals surface area contributed by atoms with E-state index in [1.165, 1.54) is 18.2 Å². The first kappa shape index (κ1) is 20.3. The topological polar surface area (TPSA) is 67.8 Å². The van der Waals surface area contributed by atoms with Crippen LogP contribution in [0.5, 0.6) is 0 Å². The highest BCUT2D eigenvalue weighted by molar-refractivity contribution is 6.10. The van der Waals surface area contributed by atoms with Gasteiger partial charge in [0.05, 0.1) is 36.0 Å². The lowest BCUT2D eigenvalue weighted by Crippen LogP contribution is -2.42. The first-order valence-corrected chi connectivity index (χ1v) is 10.3. The fourth-order valence-corrected chi connectivity index (χ4v) is 4.55. The maximum atomic E-state index is 13.3. The summed E-state index contributed by atoms with van der Waals surface area (Å²) < 4.78 is 4.81. The molecule has 2 aliphatic rings. The van der Waals surface area contributed by atoms with Crippen LogP contribution in [0.2, 0.25) is 0 Å². The van der Waals surface area contributed by atoms with Crippen LogP contribution >= 0.6 is 0 Å². The molecule has 2 unspecified atom stereocenters. The van der Waals surface area contributed by atoms with Gasteiger partial charge in [-0.1, -0.05) is 26.0 Å².